The second-order valence-electron chi connectivity index (χ2n) is 4.48. The van der Waals surface area contributed by atoms with E-state index in [1.54, 1.807) is 18.2 Å². The second kappa shape index (κ2) is 5.34. The molecule has 0 atom stereocenters. The zero-order valence-electron chi connectivity index (χ0n) is 10.7. The van der Waals surface area contributed by atoms with E-state index in [1.165, 1.54) is 18.2 Å². The molecule has 3 rings (SSSR count). The van der Waals surface area contributed by atoms with Crippen LogP contribution in [0.2, 0.25) is 5.02 Å². The number of amides is 2. The molecule has 0 unspecified atom stereocenters. The normalized spacial score (nSPS) is 13.3. The number of fused-ring (bicyclic) bond motifs is 1. The Hall–Kier alpha value is -1.98. The minimum absolute atomic E-state index is 0.0730. The average molecular weight is 427 g/mol. The minimum atomic E-state index is -0.948. The maximum absolute atomic E-state index is 14.1. The third-order valence-electron chi connectivity index (χ3n) is 3.28. The van der Waals surface area contributed by atoms with Gasteiger partial charge in [0.2, 0.25) is 0 Å². The lowest BCUT2D eigenvalue weighted by Gasteiger charge is -2.18. The van der Waals surface area contributed by atoms with Gasteiger partial charge in [-0.2, -0.15) is 5.26 Å². The number of benzene rings is 2. The maximum Gasteiger partial charge on any atom is 0.266 e. The molecule has 0 N–H and O–H groups in total. The number of hydrogen-bond acceptors (Lipinski definition) is 3. The predicted octanol–water partition coefficient (Wildman–Crippen LogP) is 3.76. The number of nitriles is 1. The number of carbonyl (C=O) groups is 2. The van der Waals surface area contributed by atoms with Crippen molar-refractivity contribution in [1.29, 1.82) is 5.26 Å². The fourth-order valence-electron chi connectivity index (χ4n) is 2.30. The summed E-state index contributed by atoms with van der Waals surface area (Å²) < 4.78 is 14.4. The molecule has 2 aromatic carbocycles. The summed E-state index contributed by atoms with van der Waals surface area (Å²) in [6.07, 6.45) is 0. The molecule has 0 fully saturated rings. The van der Waals surface area contributed by atoms with Crippen LogP contribution >= 0.6 is 34.2 Å². The van der Waals surface area contributed by atoms with Gasteiger partial charge in [0.15, 0.2) is 5.82 Å². The number of halogens is 3. The molecular formula is C15H5ClFIN2O2. The number of anilines is 1. The average Bonchev–Trinajstić information content (AvgIpc) is 2.75. The van der Waals surface area contributed by atoms with Crippen LogP contribution in [0, 0.1) is 20.7 Å². The van der Waals surface area contributed by atoms with Crippen molar-refractivity contribution in [2.24, 2.45) is 0 Å². The Morgan fingerprint density at radius 3 is 2.23 bits per heavy atom. The van der Waals surface area contributed by atoms with Gasteiger partial charge >= 0.3 is 0 Å². The highest BCUT2D eigenvalue weighted by Gasteiger charge is 2.39. The highest BCUT2D eigenvalue weighted by molar-refractivity contribution is 14.1. The Labute approximate surface area is 143 Å². The van der Waals surface area contributed by atoms with Crippen LogP contribution in [0.25, 0.3) is 0 Å². The summed E-state index contributed by atoms with van der Waals surface area (Å²) in [5.41, 5.74) is -0.0484. The molecule has 0 aliphatic carbocycles. The third-order valence-corrected chi connectivity index (χ3v) is 4.37. The molecule has 4 nitrogen and oxygen atoms in total. The molecule has 22 heavy (non-hydrogen) atoms. The molecule has 0 aromatic heterocycles. The Morgan fingerprint density at radius 1 is 1.18 bits per heavy atom. The SMILES string of the molecule is N#Cc1c(F)c(Cl)cc(I)c1N1C(=O)c2ccccc2C1=O. The van der Waals surface area contributed by atoms with Crippen LogP contribution in [0.1, 0.15) is 26.3 Å². The van der Waals surface area contributed by atoms with Gasteiger partial charge in [-0.05, 0) is 40.8 Å². The lowest BCUT2D eigenvalue weighted by Crippen LogP contribution is -2.31. The largest absolute Gasteiger partial charge is 0.268 e. The molecule has 0 radical (unpaired) electrons. The van der Waals surface area contributed by atoms with E-state index in [9.17, 15) is 19.2 Å². The van der Waals surface area contributed by atoms with Crippen molar-refractivity contribution in [3.8, 4) is 6.07 Å². The molecule has 2 amide bonds. The van der Waals surface area contributed by atoms with Crippen molar-refractivity contribution in [2.75, 3.05) is 4.90 Å². The molecule has 1 aliphatic rings. The molecule has 0 saturated carbocycles. The van der Waals surface area contributed by atoms with Gasteiger partial charge < -0.3 is 0 Å². The summed E-state index contributed by atoms with van der Waals surface area (Å²) in [7, 11) is 0. The third kappa shape index (κ3) is 2.01. The smallest absolute Gasteiger partial charge is 0.266 e. The minimum Gasteiger partial charge on any atom is -0.268 e. The van der Waals surface area contributed by atoms with E-state index in [-0.39, 0.29) is 21.8 Å². The zero-order valence-corrected chi connectivity index (χ0v) is 13.6. The summed E-state index contributed by atoms with van der Waals surface area (Å²) in [6, 6.07) is 9.25. The van der Waals surface area contributed by atoms with Crippen LogP contribution in [0.15, 0.2) is 30.3 Å². The Morgan fingerprint density at radius 2 is 1.73 bits per heavy atom. The van der Waals surface area contributed by atoms with Crippen LogP contribution < -0.4 is 4.90 Å². The first kappa shape index (κ1) is 14.9. The molecule has 108 valence electrons. The Balaban J connectivity index is 2.28. The van der Waals surface area contributed by atoms with Gasteiger partial charge in [0.25, 0.3) is 11.8 Å². The van der Waals surface area contributed by atoms with E-state index in [4.69, 9.17) is 11.6 Å². The van der Waals surface area contributed by atoms with Gasteiger partial charge in [0.05, 0.1) is 21.8 Å². The molecule has 7 heteroatoms. The monoisotopic (exact) mass is 426 g/mol. The highest BCUT2D eigenvalue weighted by atomic mass is 127. The first-order valence-electron chi connectivity index (χ1n) is 6.02. The van der Waals surface area contributed by atoms with E-state index in [1.807, 2.05) is 22.6 Å². The molecule has 1 aliphatic heterocycles. The standard InChI is InChI=1S/C15H5ClFIN2O2/c16-10-5-11(18)13(9(6-19)12(10)17)20-14(21)7-3-1-2-4-8(7)15(20)22/h1-5H. The summed E-state index contributed by atoms with van der Waals surface area (Å²) in [4.78, 5) is 25.7. The number of nitrogens with zero attached hydrogens (tertiary/aromatic N) is 2. The van der Waals surface area contributed by atoms with E-state index in [0.717, 1.165) is 4.90 Å². The van der Waals surface area contributed by atoms with Gasteiger partial charge in [0, 0.05) is 3.57 Å². The quantitative estimate of drug-likeness (QED) is 0.396. The number of carbonyl (C=O) groups excluding carboxylic acids is 2. The topological polar surface area (TPSA) is 61.2 Å². The van der Waals surface area contributed by atoms with Crippen molar-refractivity contribution >= 4 is 51.7 Å². The van der Waals surface area contributed by atoms with Gasteiger partial charge in [-0.3, -0.25) is 9.59 Å². The Bertz CT molecular complexity index is 857. The fraction of sp³-hybridized carbons (Fsp3) is 0. The van der Waals surface area contributed by atoms with Crippen molar-refractivity contribution in [3.05, 3.63) is 61.4 Å². The number of imide groups is 1. The van der Waals surface area contributed by atoms with E-state index < -0.39 is 23.2 Å². The summed E-state index contributed by atoms with van der Waals surface area (Å²) in [5, 5.41) is 8.96. The molecule has 0 spiro atoms. The van der Waals surface area contributed by atoms with Gasteiger partial charge in [-0.25, -0.2) is 9.29 Å². The number of rotatable bonds is 1. The van der Waals surface area contributed by atoms with E-state index >= 15 is 0 Å². The summed E-state index contributed by atoms with van der Waals surface area (Å²) in [6.45, 7) is 0. The maximum atomic E-state index is 14.1. The highest BCUT2D eigenvalue weighted by Crippen LogP contribution is 2.37. The lowest BCUT2D eigenvalue weighted by atomic mass is 10.1. The summed E-state index contributed by atoms with van der Waals surface area (Å²) in [5.74, 6) is -2.12. The van der Waals surface area contributed by atoms with Gasteiger partial charge in [0.1, 0.15) is 11.6 Å². The van der Waals surface area contributed by atoms with Crippen molar-refractivity contribution in [1.82, 2.24) is 0 Å². The Kier molecular flexibility index (Phi) is 3.62. The molecule has 1 heterocycles. The van der Waals surface area contributed by atoms with Gasteiger partial charge in [-0.15, -0.1) is 0 Å². The molecule has 2 aromatic rings. The van der Waals surface area contributed by atoms with Crippen LogP contribution in [-0.4, -0.2) is 11.8 Å². The van der Waals surface area contributed by atoms with Crippen LogP contribution in [0.4, 0.5) is 10.1 Å². The lowest BCUT2D eigenvalue weighted by molar-refractivity contribution is 0.0926. The van der Waals surface area contributed by atoms with E-state index in [0.29, 0.717) is 3.57 Å². The van der Waals surface area contributed by atoms with Crippen LogP contribution in [-0.2, 0) is 0 Å². The first-order valence-corrected chi connectivity index (χ1v) is 7.48. The predicted molar refractivity (Wildman–Crippen MR) is 86.4 cm³/mol. The van der Waals surface area contributed by atoms with Crippen LogP contribution in [0.3, 0.4) is 0 Å². The summed E-state index contributed by atoms with van der Waals surface area (Å²) >= 11 is 7.53. The van der Waals surface area contributed by atoms with Crippen molar-refractivity contribution < 1.29 is 14.0 Å². The number of hydrogen-bond donors (Lipinski definition) is 0. The molecule has 0 bridgehead atoms. The van der Waals surface area contributed by atoms with E-state index in [2.05, 4.69) is 0 Å². The molecule has 0 saturated heterocycles. The second-order valence-corrected chi connectivity index (χ2v) is 6.05. The van der Waals surface area contributed by atoms with Crippen LogP contribution in [0.5, 0.6) is 0 Å². The van der Waals surface area contributed by atoms with Crippen molar-refractivity contribution in [2.45, 2.75) is 0 Å². The fourth-order valence-corrected chi connectivity index (χ4v) is 3.51. The zero-order chi connectivity index (χ0) is 16.0. The molecular weight excluding hydrogens is 422 g/mol. The van der Waals surface area contributed by atoms with Gasteiger partial charge in [-0.1, -0.05) is 23.7 Å². The first-order chi connectivity index (χ1) is 10.5. The van der Waals surface area contributed by atoms with Crippen molar-refractivity contribution in [3.63, 3.8) is 0 Å².